The van der Waals surface area contributed by atoms with Crippen LogP contribution in [0, 0.1) is 5.92 Å². The fraction of sp³-hybridized carbons (Fsp3) is 0.500. The average molecular weight is 329 g/mol. The van der Waals surface area contributed by atoms with E-state index in [1.54, 1.807) is 12.1 Å². The van der Waals surface area contributed by atoms with E-state index < -0.39 is 0 Å². The van der Waals surface area contributed by atoms with Crippen molar-refractivity contribution in [3.8, 4) is 0 Å². The Kier molecular flexibility index (Phi) is 4.94. The van der Waals surface area contributed by atoms with Gasteiger partial charge in [-0.25, -0.2) is 0 Å². The zero-order chi connectivity index (χ0) is 17.1. The van der Waals surface area contributed by atoms with E-state index >= 15 is 0 Å². The number of benzene rings is 1. The molecule has 1 heterocycles. The smallest absolute Gasteiger partial charge is 0.229 e. The lowest BCUT2D eigenvalue weighted by molar-refractivity contribution is -0.139. The quantitative estimate of drug-likeness (QED) is 0.824. The molecule has 1 aromatic carbocycles. The third kappa shape index (κ3) is 3.82. The number of hydrogen-bond acceptors (Lipinski definition) is 4. The third-order valence-electron chi connectivity index (χ3n) is 4.80. The molecule has 1 saturated carbocycles. The van der Waals surface area contributed by atoms with E-state index in [2.05, 4.69) is 5.32 Å². The summed E-state index contributed by atoms with van der Waals surface area (Å²) < 4.78 is 0. The number of likely N-dealkylation sites (tertiary alicyclic amines) is 1. The number of anilines is 1. The monoisotopic (exact) mass is 329 g/mol. The molecule has 2 fully saturated rings. The summed E-state index contributed by atoms with van der Waals surface area (Å²) in [5, 5.41) is 2.93. The van der Waals surface area contributed by atoms with Crippen LogP contribution < -0.4 is 11.1 Å². The van der Waals surface area contributed by atoms with Crippen molar-refractivity contribution in [1.82, 2.24) is 4.90 Å². The molecule has 0 bridgehead atoms. The van der Waals surface area contributed by atoms with Crippen LogP contribution in [0.2, 0.25) is 0 Å². The van der Waals surface area contributed by atoms with E-state index in [9.17, 15) is 14.4 Å². The molecule has 2 unspecified atom stereocenters. The summed E-state index contributed by atoms with van der Waals surface area (Å²) >= 11 is 0. The predicted molar refractivity (Wildman–Crippen MR) is 89.8 cm³/mol. The maximum absolute atomic E-state index is 12.3. The summed E-state index contributed by atoms with van der Waals surface area (Å²) in [6.45, 7) is 0.295. The molecule has 0 spiro atoms. The molecule has 24 heavy (non-hydrogen) atoms. The molecule has 2 atom stereocenters. The van der Waals surface area contributed by atoms with Crippen molar-refractivity contribution in [1.29, 1.82) is 0 Å². The molecule has 3 rings (SSSR count). The lowest BCUT2D eigenvalue weighted by atomic mass is 9.85. The SMILES string of the molecule is NC1CCCC(C(=O)Nc2ccc(CN3C(=O)CCC3=O)cc2)C1. The second-order valence-corrected chi connectivity index (χ2v) is 6.68. The van der Waals surface area contributed by atoms with Gasteiger partial charge in [-0.05, 0) is 37.0 Å². The van der Waals surface area contributed by atoms with Crippen LogP contribution in [0.4, 0.5) is 5.69 Å². The van der Waals surface area contributed by atoms with E-state index in [-0.39, 0.29) is 29.7 Å². The van der Waals surface area contributed by atoms with Crippen LogP contribution in [-0.2, 0) is 20.9 Å². The van der Waals surface area contributed by atoms with Crippen molar-refractivity contribution in [3.05, 3.63) is 29.8 Å². The highest BCUT2D eigenvalue weighted by molar-refractivity contribution is 6.01. The maximum atomic E-state index is 12.3. The predicted octanol–water partition coefficient (Wildman–Crippen LogP) is 1.79. The van der Waals surface area contributed by atoms with Gasteiger partial charge < -0.3 is 11.1 Å². The normalized spacial score (nSPS) is 24.3. The highest BCUT2D eigenvalue weighted by Crippen LogP contribution is 2.25. The standard InChI is InChI=1S/C18H23N3O3/c19-14-3-1-2-13(10-14)18(24)20-15-6-4-12(5-7-15)11-21-16(22)8-9-17(21)23/h4-7,13-14H,1-3,8-11,19H2,(H,20,24). The van der Waals surface area contributed by atoms with Crippen molar-refractivity contribution < 1.29 is 14.4 Å². The zero-order valence-electron chi connectivity index (χ0n) is 13.7. The van der Waals surface area contributed by atoms with Gasteiger partial charge in [0.05, 0.1) is 6.54 Å². The molecular weight excluding hydrogens is 306 g/mol. The van der Waals surface area contributed by atoms with Crippen LogP contribution >= 0.6 is 0 Å². The lowest BCUT2D eigenvalue weighted by Crippen LogP contribution is -2.34. The fourth-order valence-corrected chi connectivity index (χ4v) is 3.39. The summed E-state index contributed by atoms with van der Waals surface area (Å²) in [6.07, 6.45) is 4.22. The molecule has 1 aromatic rings. The van der Waals surface area contributed by atoms with E-state index in [0.29, 0.717) is 19.4 Å². The van der Waals surface area contributed by atoms with Gasteiger partial charge in [-0.1, -0.05) is 18.6 Å². The Morgan fingerprint density at radius 2 is 1.79 bits per heavy atom. The number of carbonyl (C=O) groups is 3. The van der Waals surface area contributed by atoms with E-state index in [4.69, 9.17) is 5.73 Å². The van der Waals surface area contributed by atoms with Crippen molar-refractivity contribution in [3.63, 3.8) is 0 Å². The molecule has 6 heteroatoms. The summed E-state index contributed by atoms with van der Waals surface area (Å²) in [6, 6.07) is 7.40. The number of hydrogen-bond donors (Lipinski definition) is 2. The van der Waals surface area contributed by atoms with Gasteiger partial charge in [0.25, 0.3) is 0 Å². The van der Waals surface area contributed by atoms with E-state index in [0.717, 1.165) is 36.9 Å². The van der Waals surface area contributed by atoms with Crippen LogP contribution in [-0.4, -0.2) is 28.7 Å². The minimum Gasteiger partial charge on any atom is -0.328 e. The number of nitrogens with one attached hydrogen (secondary N) is 1. The Hall–Kier alpha value is -2.21. The van der Waals surface area contributed by atoms with E-state index in [1.165, 1.54) is 4.90 Å². The Labute approximate surface area is 141 Å². The van der Waals surface area contributed by atoms with Crippen LogP contribution in [0.3, 0.4) is 0 Å². The van der Waals surface area contributed by atoms with Crippen LogP contribution in [0.5, 0.6) is 0 Å². The van der Waals surface area contributed by atoms with Gasteiger partial charge in [-0.2, -0.15) is 0 Å². The van der Waals surface area contributed by atoms with Crippen LogP contribution in [0.1, 0.15) is 44.1 Å². The molecule has 6 nitrogen and oxygen atoms in total. The first-order chi connectivity index (χ1) is 11.5. The molecule has 128 valence electrons. The van der Waals surface area contributed by atoms with Crippen molar-refractivity contribution in [2.45, 2.75) is 51.1 Å². The molecule has 0 radical (unpaired) electrons. The van der Waals surface area contributed by atoms with Crippen LogP contribution in [0.15, 0.2) is 24.3 Å². The average Bonchev–Trinajstić information content (AvgIpc) is 2.88. The summed E-state index contributed by atoms with van der Waals surface area (Å²) in [7, 11) is 0. The van der Waals surface area contributed by atoms with Crippen molar-refractivity contribution >= 4 is 23.4 Å². The van der Waals surface area contributed by atoms with Crippen molar-refractivity contribution in [2.24, 2.45) is 11.7 Å². The van der Waals surface area contributed by atoms with Gasteiger partial charge in [0.15, 0.2) is 0 Å². The van der Waals surface area contributed by atoms with E-state index in [1.807, 2.05) is 12.1 Å². The topological polar surface area (TPSA) is 92.5 Å². The Morgan fingerprint density at radius 3 is 2.42 bits per heavy atom. The molecule has 3 N–H and O–H groups in total. The first-order valence-corrected chi connectivity index (χ1v) is 8.51. The molecular formula is C18H23N3O3. The molecule has 1 saturated heterocycles. The molecule has 0 aromatic heterocycles. The Bertz CT molecular complexity index is 625. The van der Waals surface area contributed by atoms with Gasteiger partial charge in [0.1, 0.15) is 0 Å². The van der Waals surface area contributed by atoms with Gasteiger partial charge >= 0.3 is 0 Å². The number of nitrogens with two attached hydrogens (primary N) is 1. The largest absolute Gasteiger partial charge is 0.328 e. The second-order valence-electron chi connectivity index (χ2n) is 6.68. The number of amides is 3. The summed E-state index contributed by atoms with van der Waals surface area (Å²) in [4.78, 5) is 36.9. The van der Waals surface area contributed by atoms with Gasteiger partial charge in [-0.15, -0.1) is 0 Å². The van der Waals surface area contributed by atoms with Crippen molar-refractivity contribution in [2.75, 3.05) is 5.32 Å². The highest BCUT2D eigenvalue weighted by Gasteiger charge is 2.28. The van der Waals surface area contributed by atoms with Crippen LogP contribution in [0.25, 0.3) is 0 Å². The Morgan fingerprint density at radius 1 is 1.12 bits per heavy atom. The fourth-order valence-electron chi connectivity index (χ4n) is 3.39. The lowest BCUT2D eigenvalue weighted by Gasteiger charge is -2.25. The minimum absolute atomic E-state index is 0.0165. The van der Waals surface area contributed by atoms with Gasteiger partial charge in [0, 0.05) is 30.5 Å². The zero-order valence-corrected chi connectivity index (χ0v) is 13.7. The first kappa shape index (κ1) is 16.6. The summed E-state index contributed by atoms with van der Waals surface area (Å²) in [5.41, 5.74) is 7.53. The first-order valence-electron chi connectivity index (χ1n) is 8.51. The molecule has 3 amide bonds. The summed E-state index contributed by atoms with van der Waals surface area (Å²) in [5.74, 6) is -0.242. The number of rotatable bonds is 4. The molecule has 1 aliphatic carbocycles. The third-order valence-corrected chi connectivity index (χ3v) is 4.80. The van der Waals surface area contributed by atoms with Gasteiger partial charge in [-0.3, -0.25) is 19.3 Å². The number of imide groups is 1. The minimum atomic E-state index is -0.119. The highest BCUT2D eigenvalue weighted by atomic mass is 16.2. The molecule has 2 aliphatic rings. The number of nitrogens with zero attached hydrogens (tertiary/aromatic N) is 1. The Balaban J connectivity index is 1.57. The van der Waals surface area contributed by atoms with Gasteiger partial charge in [0.2, 0.25) is 17.7 Å². The second kappa shape index (κ2) is 7.13. The molecule has 1 aliphatic heterocycles. The number of carbonyl (C=O) groups excluding carboxylic acids is 3. The maximum Gasteiger partial charge on any atom is 0.229 e.